The summed E-state index contributed by atoms with van der Waals surface area (Å²) < 4.78 is 70.2. The van der Waals surface area contributed by atoms with Gasteiger partial charge in [-0.05, 0) is 204 Å². The largest absolute Gasteiger partial charge is 0.489 e. The van der Waals surface area contributed by atoms with Crippen molar-refractivity contribution < 1.29 is 36.2 Å². The van der Waals surface area contributed by atoms with Crippen LogP contribution in [0.3, 0.4) is 0 Å². The Balaban J connectivity index is 0.000000208. The van der Waals surface area contributed by atoms with Crippen LogP contribution in [0.5, 0.6) is 11.5 Å². The van der Waals surface area contributed by atoms with Crippen molar-refractivity contribution in [2.45, 2.75) is 139 Å². The number of H-pyrrole nitrogens is 2. The van der Waals surface area contributed by atoms with E-state index < -0.39 is 30.2 Å². The molecule has 6 heterocycles. The second kappa shape index (κ2) is 28.1. The molecule has 4 aromatic carbocycles. The summed E-state index contributed by atoms with van der Waals surface area (Å²) in [5.41, 5.74) is 8.25. The van der Waals surface area contributed by atoms with Crippen LogP contribution in [0, 0.1) is 13.8 Å². The summed E-state index contributed by atoms with van der Waals surface area (Å²) in [6.45, 7) is 25.5. The first-order valence-electron chi connectivity index (χ1n) is 30.0. The molecule has 2 saturated heterocycles. The molecule has 0 spiro atoms. The van der Waals surface area contributed by atoms with Crippen molar-refractivity contribution in [1.29, 1.82) is 0 Å². The maximum atomic E-state index is 13.1. The number of anilines is 8. The van der Waals surface area contributed by atoms with Gasteiger partial charge in [0.1, 0.15) is 23.1 Å². The summed E-state index contributed by atoms with van der Waals surface area (Å²) in [6, 6.07) is 22.1. The highest BCUT2D eigenvalue weighted by Crippen LogP contribution is 2.41. The molecule has 2 aliphatic heterocycles. The van der Waals surface area contributed by atoms with Crippen molar-refractivity contribution in [3.8, 4) is 11.5 Å². The monoisotopic (exact) mass is 1230 g/mol. The zero-order valence-corrected chi connectivity index (χ0v) is 53.4. The minimum atomic E-state index is -3.54. The predicted molar refractivity (Wildman–Crippen MR) is 344 cm³/mol. The Morgan fingerprint density at radius 3 is 1.34 bits per heavy atom. The number of β-amino-alcohol motifs (C(OH)–C–C–N with tert-alkyl or cyclic N) is 1. The molecule has 0 bridgehead atoms. The fourth-order valence-electron chi connectivity index (χ4n) is 11.1. The Labute approximate surface area is 510 Å². The summed E-state index contributed by atoms with van der Waals surface area (Å²) >= 11 is 0. The van der Waals surface area contributed by atoms with Crippen LogP contribution in [-0.4, -0.2) is 154 Å². The first kappa shape index (κ1) is 64.0. The molecule has 4 aromatic heterocycles. The van der Waals surface area contributed by atoms with E-state index >= 15 is 0 Å². The molecule has 2 aliphatic rings. The molecule has 7 N–H and O–H groups in total. The Hall–Kier alpha value is -7.48. The lowest BCUT2D eigenvalue weighted by Crippen LogP contribution is -2.35. The van der Waals surface area contributed by atoms with Gasteiger partial charge in [-0.25, -0.2) is 16.8 Å². The number of rotatable bonds is 23. The molecule has 0 unspecified atom stereocenters. The molecule has 10 rings (SSSR count). The maximum Gasteiger partial charge on any atom is 0.231 e. The average Bonchev–Trinajstić information content (AvgIpc) is 2.64. The minimum Gasteiger partial charge on any atom is -0.489 e. The van der Waals surface area contributed by atoms with Crippen LogP contribution in [0.1, 0.15) is 115 Å². The van der Waals surface area contributed by atoms with E-state index in [4.69, 9.17) is 24.2 Å². The van der Waals surface area contributed by atoms with E-state index in [1.165, 1.54) is 16.7 Å². The molecule has 24 heteroatoms. The molecule has 0 radical (unpaired) electrons. The number of methoxy groups -OCH3 is 1. The van der Waals surface area contributed by atoms with Gasteiger partial charge in [0, 0.05) is 20.2 Å². The smallest absolute Gasteiger partial charge is 0.231 e. The zero-order valence-electron chi connectivity index (χ0n) is 51.7. The van der Waals surface area contributed by atoms with Gasteiger partial charge in [-0.2, -0.15) is 30.1 Å². The number of fused-ring (bicyclic) bond motifs is 2. The Bertz CT molecular complexity index is 3880. The highest BCUT2D eigenvalue weighted by atomic mass is 32.2. The van der Waals surface area contributed by atoms with E-state index in [-0.39, 0.29) is 28.6 Å². The Morgan fingerprint density at radius 1 is 0.563 bits per heavy atom. The van der Waals surface area contributed by atoms with E-state index in [0.29, 0.717) is 81.1 Å². The number of aryl methyl sites for hydroxylation is 2. The Kier molecular flexibility index (Phi) is 20.7. The number of aliphatic hydroxyl groups is 1. The van der Waals surface area contributed by atoms with Crippen LogP contribution in [0.15, 0.2) is 95.0 Å². The normalized spacial score (nSPS) is 14.9. The number of hydrogen-bond donors (Lipinski definition) is 7. The molecule has 0 aliphatic carbocycles. The van der Waals surface area contributed by atoms with E-state index in [0.717, 1.165) is 87.7 Å². The van der Waals surface area contributed by atoms with Crippen molar-refractivity contribution >= 4 is 88.0 Å². The quantitative estimate of drug-likeness (QED) is 0.0313. The van der Waals surface area contributed by atoms with Gasteiger partial charge in [0.05, 0.1) is 91.6 Å². The number of hydrogen-bond acceptors (Lipinski definition) is 20. The molecule has 87 heavy (non-hydrogen) atoms. The molecule has 2 fully saturated rings. The van der Waals surface area contributed by atoms with Crippen LogP contribution in [0.4, 0.5) is 46.3 Å². The predicted octanol–water partition coefficient (Wildman–Crippen LogP) is 11.2. The highest BCUT2D eigenvalue weighted by molar-refractivity contribution is 7.92. The standard InChI is InChI=1S/C32H43N7O4S.C31H41N7O4S/c1-20(2)43-28-18-24(23-11-13-39(14-12-23)15-16-42-6)22(5)17-27(28)35-32-36-30(25-19-33-38-31(25)37-32)34-26-9-7-8-10-29(26)44(40,41)21(3)4;1-19(2)42-27-17-23(22-10-12-38(13-11-22)14-15-39)21(5)16-26(27)34-31-35-29(24-18-32-37-30(24)36-31)33-25-8-6-7-9-28(25)43(40,41)20(3)4/h7-10,17-21,23H,11-16H2,1-6H3,(H3,33,34,35,36,37,38);6-9,16-20,22,39H,10-15H2,1-5H3,(H3,32,33,34,35,36,37). The van der Waals surface area contributed by atoms with Crippen molar-refractivity contribution in [2.75, 3.05) is 80.9 Å². The van der Waals surface area contributed by atoms with E-state index in [9.17, 15) is 21.9 Å². The number of benzene rings is 4. The summed E-state index contributed by atoms with van der Waals surface area (Å²) in [5, 5.41) is 36.8. The average molecular weight is 1230 g/mol. The SMILES string of the molecule is COCCN1CCC(c2cc(OC(C)C)c(Nc3nc(Nc4ccccc4S(=O)(=O)C(C)C)c4cn[nH]c4n3)cc2C)CC1.Cc1cc(Nc2nc(Nc3ccccc3S(=O)(=O)C(C)C)c3cn[nH]c3n2)c(OC(C)C)cc1C1CCN(CCO)CC1. The fraction of sp³-hybridized carbons (Fsp3) is 0.460. The number of para-hydroxylation sites is 2. The minimum absolute atomic E-state index is 0.0327. The number of aliphatic hydroxyl groups excluding tert-OH is 1. The number of likely N-dealkylation sites (tertiary alicyclic amines) is 2. The summed E-state index contributed by atoms with van der Waals surface area (Å²) in [6.07, 6.45) is 7.37. The lowest BCUT2D eigenvalue weighted by Gasteiger charge is -2.33. The van der Waals surface area contributed by atoms with Gasteiger partial charge in [0.25, 0.3) is 0 Å². The second-order valence-electron chi connectivity index (χ2n) is 23.4. The maximum absolute atomic E-state index is 13.1. The molecule has 0 saturated carbocycles. The Morgan fingerprint density at radius 2 is 0.966 bits per heavy atom. The lowest BCUT2D eigenvalue weighted by molar-refractivity contribution is 0.130. The van der Waals surface area contributed by atoms with Gasteiger partial charge in [-0.1, -0.05) is 24.3 Å². The summed E-state index contributed by atoms with van der Waals surface area (Å²) in [7, 11) is -5.33. The molecule has 0 amide bonds. The van der Waals surface area contributed by atoms with Crippen molar-refractivity contribution in [2.24, 2.45) is 0 Å². The molecular weight excluding hydrogens is 1140 g/mol. The first-order chi connectivity index (χ1) is 41.6. The first-order valence-corrected chi connectivity index (χ1v) is 33.1. The number of aromatic nitrogens is 8. The van der Waals surface area contributed by atoms with Gasteiger partial charge in [-0.15, -0.1) is 0 Å². The van der Waals surface area contributed by atoms with Gasteiger partial charge in [-0.3, -0.25) is 10.2 Å². The number of sulfone groups is 2. The van der Waals surface area contributed by atoms with Crippen molar-refractivity contribution in [3.63, 3.8) is 0 Å². The van der Waals surface area contributed by atoms with Crippen molar-refractivity contribution in [3.05, 3.63) is 107 Å². The third-order valence-electron chi connectivity index (χ3n) is 15.8. The molecule has 466 valence electrons. The van der Waals surface area contributed by atoms with Gasteiger partial charge >= 0.3 is 0 Å². The van der Waals surface area contributed by atoms with Crippen LogP contribution >= 0.6 is 0 Å². The second-order valence-corrected chi connectivity index (χ2v) is 28.4. The van der Waals surface area contributed by atoms with Crippen LogP contribution in [0.25, 0.3) is 22.1 Å². The van der Waals surface area contributed by atoms with E-state index in [1.54, 1.807) is 95.7 Å². The topological polar surface area (TPSA) is 280 Å². The third kappa shape index (κ3) is 15.3. The molecule has 8 aromatic rings. The number of aromatic amines is 2. The fourth-order valence-corrected chi connectivity index (χ4v) is 13.5. The number of piperidine rings is 2. The van der Waals surface area contributed by atoms with Crippen LogP contribution < -0.4 is 30.7 Å². The lowest BCUT2D eigenvalue weighted by atomic mass is 9.86. The van der Waals surface area contributed by atoms with Crippen LogP contribution in [-0.2, 0) is 24.4 Å². The van der Waals surface area contributed by atoms with Gasteiger partial charge in [0.2, 0.25) is 11.9 Å². The van der Waals surface area contributed by atoms with E-state index in [1.807, 2.05) is 27.7 Å². The number of ether oxygens (including phenoxy) is 3. The van der Waals surface area contributed by atoms with Gasteiger partial charge < -0.3 is 50.4 Å². The zero-order chi connectivity index (χ0) is 62.2. The van der Waals surface area contributed by atoms with Crippen LogP contribution in [0.2, 0.25) is 0 Å². The number of nitrogens with zero attached hydrogens (tertiary/aromatic N) is 8. The van der Waals surface area contributed by atoms with E-state index in [2.05, 4.69) is 99.5 Å². The molecule has 22 nitrogen and oxygen atoms in total. The summed E-state index contributed by atoms with van der Waals surface area (Å²) in [5.74, 6) is 3.78. The summed E-state index contributed by atoms with van der Waals surface area (Å²) in [4.78, 5) is 24.0. The highest BCUT2D eigenvalue weighted by Gasteiger charge is 2.29. The number of nitrogens with one attached hydrogen (secondary N) is 6. The molecular formula is C63H84N14O8S2. The third-order valence-corrected chi connectivity index (χ3v) is 20.2. The van der Waals surface area contributed by atoms with Crippen molar-refractivity contribution in [1.82, 2.24) is 50.1 Å². The molecule has 0 atom stereocenters. The van der Waals surface area contributed by atoms with Gasteiger partial charge in [0.15, 0.2) is 31.0 Å².